The summed E-state index contributed by atoms with van der Waals surface area (Å²) in [4.78, 5) is 28.9. The number of ether oxygens (including phenoxy) is 1. The molecule has 2 aromatic carbocycles. The minimum absolute atomic E-state index is 0.104. The second-order valence-electron chi connectivity index (χ2n) is 6.91. The molecule has 2 N–H and O–H groups in total. The number of para-hydroxylation sites is 1. The van der Waals surface area contributed by atoms with Crippen molar-refractivity contribution in [3.05, 3.63) is 83.6 Å². The second kappa shape index (κ2) is 9.93. The molecule has 2 heterocycles. The van der Waals surface area contributed by atoms with Gasteiger partial charge in [-0.25, -0.2) is 4.98 Å². The highest BCUT2D eigenvalue weighted by Crippen LogP contribution is 2.26. The molecular weight excluding hydrogens is 426 g/mol. The minimum atomic E-state index is -0.311. The molecule has 4 aromatic rings. The number of carbonyl (C=O) groups is 2. The number of aryl methyl sites for hydroxylation is 1. The molecule has 0 unspecified atom stereocenters. The summed E-state index contributed by atoms with van der Waals surface area (Å²) in [6, 6.07) is 18.2. The number of aromatic nitrogens is 1. The minimum Gasteiger partial charge on any atom is -0.496 e. The zero-order valence-electron chi connectivity index (χ0n) is 17.3. The summed E-state index contributed by atoms with van der Waals surface area (Å²) in [6.45, 7) is 0. The molecule has 0 aliphatic rings. The van der Waals surface area contributed by atoms with Crippen LogP contribution in [0.5, 0.6) is 5.75 Å². The molecular formula is C24H21N3O4S. The van der Waals surface area contributed by atoms with Crippen LogP contribution >= 0.6 is 11.3 Å². The first kappa shape index (κ1) is 21.3. The smallest absolute Gasteiger partial charge is 0.291 e. The third-order valence-corrected chi connectivity index (χ3v) is 5.51. The van der Waals surface area contributed by atoms with Crippen LogP contribution in [0.1, 0.15) is 22.5 Å². The lowest BCUT2D eigenvalue weighted by Crippen LogP contribution is -2.12. The lowest BCUT2D eigenvalue weighted by Gasteiger charge is -2.07. The Bertz CT molecular complexity index is 1200. The maximum atomic E-state index is 12.3. The molecule has 32 heavy (non-hydrogen) atoms. The van der Waals surface area contributed by atoms with Crippen LogP contribution < -0.4 is 15.4 Å². The van der Waals surface area contributed by atoms with E-state index in [0.717, 1.165) is 22.6 Å². The Hall–Kier alpha value is -3.91. The first-order valence-electron chi connectivity index (χ1n) is 9.95. The van der Waals surface area contributed by atoms with Gasteiger partial charge in [0.1, 0.15) is 5.75 Å². The molecule has 162 valence electrons. The number of amides is 2. The summed E-state index contributed by atoms with van der Waals surface area (Å²) < 4.78 is 10.4. The van der Waals surface area contributed by atoms with Crippen LogP contribution in [0.15, 0.2) is 76.7 Å². The molecule has 0 saturated carbocycles. The summed E-state index contributed by atoms with van der Waals surface area (Å²) in [7, 11) is 1.62. The second-order valence-corrected chi connectivity index (χ2v) is 7.76. The SMILES string of the molecule is COc1ccccc1CCC(=O)Nc1nc(-c2ccc(NC(=O)c3ccco3)cc2)cs1. The third-order valence-electron chi connectivity index (χ3n) is 4.75. The van der Waals surface area contributed by atoms with Crippen LogP contribution in [0.2, 0.25) is 0 Å². The Morgan fingerprint density at radius 1 is 1.03 bits per heavy atom. The molecule has 0 fully saturated rings. The van der Waals surface area contributed by atoms with Gasteiger partial charge in [-0.3, -0.25) is 9.59 Å². The monoisotopic (exact) mass is 447 g/mol. The van der Waals surface area contributed by atoms with Gasteiger partial charge >= 0.3 is 0 Å². The first-order valence-corrected chi connectivity index (χ1v) is 10.8. The number of methoxy groups -OCH3 is 1. The number of rotatable bonds is 8. The van der Waals surface area contributed by atoms with E-state index in [1.165, 1.54) is 17.6 Å². The number of thiazole rings is 1. The standard InChI is InChI=1S/C24H21N3O4S/c1-30-20-6-3-2-5-17(20)10-13-22(28)27-24-26-19(15-32-24)16-8-11-18(12-9-16)25-23(29)21-7-4-14-31-21/h2-9,11-12,14-15H,10,13H2,1H3,(H,25,29)(H,26,27,28). The summed E-state index contributed by atoms with van der Waals surface area (Å²) in [6.07, 6.45) is 2.37. The Kier molecular flexibility index (Phi) is 6.62. The van der Waals surface area contributed by atoms with Gasteiger partial charge in [0, 0.05) is 23.1 Å². The van der Waals surface area contributed by atoms with E-state index in [4.69, 9.17) is 9.15 Å². The highest BCUT2D eigenvalue weighted by molar-refractivity contribution is 7.14. The topological polar surface area (TPSA) is 93.5 Å². The van der Waals surface area contributed by atoms with E-state index in [2.05, 4.69) is 15.6 Å². The normalized spacial score (nSPS) is 10.5. The maximum absolute atomic E-state index is 12.3. The largest absolute Gasteiger partial charge is 0.496 e. The van der Waals surface area contributed by atoms with Gasteiger partial charge in [0.15, 0.2) is 10.9 Å². The highest BCUT2D eigenvalue weighted by atomic mass is 32.1. The molecule has 0 radical (unpaired) electrons. The number of carbonyl (C=O) groups excluding carboxylic acids is 2. The van der Waals surface area contributed by atoms with Crippen molar-refractivity contribution in [3.63, 3.8) is 0 Å². The van der Waals surface area contributed by atoms with Gasteiger partial charge in [0.25, 0.3) is 5.91 Å². The number of anilines is 2. The number of furan rings is 1. The quantitative estimate of drug-likeness (QED) is 0.385. The van der Waals surface area contributed by atoms with Gasteiger partial charge in [-0.05, 0) is 42.3 Å². The number of hydrogen-bond donors (Lipinski definition) is 2. The molecule has 0 atom stereocenters. The number of nitrogens with one attached hydrogen (secondary N) is 2. The Balaban J connectivity index is 1.33. The molecule has 7 nitrogen and oxygen atoms in total. The fourth-order valence-corrected chi connectivity index (χ4v) is 3.86. The van der Waals surface area contributed by atoms with Gasteiger partial charge < -0.3 is 19.8 Å². The Labute approximate surface area is 189 Å². The van der Waals surface area contributed by atoms with Crippen molar-refractivity contribution < 1.29 is 18.7 Å². The lowest BCUT2D eigenvalue weighted by molar-refractivity contribution is -0.116. The zero-order chi connectivity index (χ0) is 22.3. The molecule has 2 amide bonds. The van der Waals surface area contributed by atoms with E-state index < -0.39 is 0 Å². The lowest BCUT2D eigenvalue weighted by atomic mass is 10.1. The van der Waals surface area contributed by atoms with Gasteiger partial charge in [-0.1, -0.05) is 30.3 Å². The Morgan fingerprint density at radius 2 is 1.84 bits per heavy atom. The van der Waals surface area contributed by atoms with Gasteiger partial charge in [-0.15, -0.1) is 11.3 Å². The third kappa shape index (κ3) is 5.22. The average Bonchev–Trinajstić information content (AvgIpc) is 3.51. The molecule has 0 aliphatic carbocycles. The van der Waals surface area contributed by atoms with Crippen LogP contribution in [0.25, 0.3) is 11.3 Å². The van der Waals surface area contributed by atoms with Crippen LogP contribution in [0.3, 0.4) is 0 Å². The maximum Gasteiger partial charge on any atom is 0.291 e. The summed E-state index contributed by atoms with van der Waals surface area (Å²) >= 11 is 1.37. The molecule has 0 aliphatic heterocycles. The zero-order valence-corrected chi connectivity index (χ0v) is 18.1. The van der Waals surface area contributed by atoms with Crippen LogP contribution in [-0.4, -0.2) is 23.9 Å². The molecule has 8 heteroatoms. The first-order chi connectivity index (χ1) is 15.6. The molecule has 0 spiro atoms. The van der Waals surface area contributed by atoms with Crippen molar-refractivity contribution in [3.8, 4) is 17.0 Å². The average molecular weight is 448 g/mol. The van der Waals surface area contributed by atoms with Gasteiger partial charge in [0.05, 0.1) is 19.1 Å². The van der Waals surface area contributed by atoms with E-state index in [9.17, 15) is 9.59 Å². The molecule has 0 bridgehead atoms. The van der Waals surface area contributed by atoms with E-state index >= 15 is 0 Å². The van der Waals surface area contributed by atoms with Gasteiger partial charge in [0.2, 0.25) is 5.91 Å². The molecule has 2 aromatic heterocycles. The predicted octanol–water partition coefficient (Wildman–Crippen LogP) is 5.24. The van der Waals surface area contributed by atoms with Crippen LogP contribution in [0.4, 0.5) is 10.8 Å². The van der Waals surface area contributed by atoms with Crippen molar-refractivity contribution in [2.24, 2.45) is 0 Å². The van der Waals surface area contributed by atoms with E-state index in [-0.39, 0.29) is 17.6 Å². The fourth-order valence-electron chi connectivity index (χ4n) is 3.13. The molecule has 0 saturated heterocycles. The van der Waals surface area contributed by atoms with Crippen molar-refractivity contribution >= 4 is 34.0 Å². The summed E-state index contributed by atoms with van der Waals surface area (Å²) in [5.41, 5.74) is 3.27. The van der Waals surface area contributed by atoms with E-state index in [0.29, 0.717) is 23.7 Å². The molecule has 4 rings (SSSR count). The summed E-state index contributed by atoms with van der Waals surface area (Å²) in [5.74, 6) is 0.614. The van der Waals surface area contributed by atoms with E-state index in [1.807, 2.05) is 41.8 Å². The summed E-state index contributed by atoms with van der Waals surface area (Å²) in [5, 5.41) is 8.05. The van der Waals surface area contributed by atoms with Crippen molar-refractivity contribution in [2.75, 3.05) is 17.7 Å². The van der Waals surface area contributed by atoms with E-state index in [1.54, 1.807) is 31.4 Å². The van der Waals surface area contributed by atoms with Crippen molar-refractivity contribution in [1.82, 2.24) is 4.98 Å². The Morgan fingerprint density at radius 3 is 2.59 bits per heavy atom. The van der Waals surface area contributed by atoms with Gasteiger partial charge in [-0.2, -0.15) is 0 Å². The van der Waals surface area contributed by atoms with Crippen molar-refractivity contribution in [1.29, 1.82) is 0 Å². The predicted molar refractivity (Wildman–Crippen MR) is 124 cm³/mol. The number of nitrogens with zero attached hydrogens (tertiary/aromatic N) is 1. The van der Waals surface area contributed by atoms with Crippen LogP contribution in [-0.2, 0) is 11.2 Å². The fraction of sp³-hybridized carbons (Fsp3) is 0.125. The van der Waals surface area contributed by atoms with Crippen molar-refractivity contribution in [2.45, 2.75) is 12.8 Å². The highest BCUT2D eigenvalue weighted by Gasteiger charge is 2.11. The number of benzene rings is 2. The number of hydrogen-bond acceptors (Lipinski definition) is 6. The van der Waals surface area contributed by atoms with Crippen LogP contribution in [0, 0.1) is 0 Å².